The maximum absolute atomic E-state index is 10.4. The van der Waals surface area contributed by atoms with Gasteiger partial charge in [-0.25, -0.2) is 4.79 Å². The summed E-state index contributed by atoms with van der Waals surface area (Å²) in [5, 5.41) is 46.3. The largest absolute Gasteiger partial charge is 0.480 e. The van der Waals surface area contributed by atoms with E-state index in [1.807, 2.05) is 27.7 Å². The van der Waals surface area contributed by atoms with E-state index >= 15 is 0 Å². The van der Waals surface area contributed by atoms with Gasteiger partial charge in [0.05, 0.1) is 0 Å². The topological polar surface area (TPSA) is 306 Å². The van der Waals surface area contributed by atoms with E-state index < -0.39 is 54.0 Å². The normalized spacial score (nSPS) is 19.2. The predicted octanol–water partition coefficient (Wildman–Crippen LogP) is -0.520. The summed E-state index contributed by atoms with van der Waals surface area (Å²) in [5.74, 6) is -3.90. The number of carboxylic acid groups (broad SMARTS) is 5. The second-order valence-corrected chi connectivity index (χ2v) is 10.3. The first-order chi connectivity index (χ1) is 18.7. The monoisotopic (exact) mass is 595 g/mol. The first-order valence-corrected chi connectivity index (χ1v) is 13.2. The van der Waals surface area contributed by atoms with Crippen molar-refractivity contribution in [3.05, 3.63) is 0 Å². The minimum absolute atomic E-state index is 0.164. The Morgan fingerprint density at radius 1 is 0.732 bits per heavy atom. The summed E-state index contributed by atoms with van der Waals surface area (Å²) in [6.07, 6.45) is 3.65. The summed E-state index contributed by atoms with van der Waals surface area (Å²) >= 11 is 0. The molecule has 41 heavy (non-hydrogen) atoms. The second-order valence-electron chi connectivity index (χ2n) is 10.3. The quantitative estimate of drug-likeness (QED) is 0.160. The number of nitrogens with two attached hydrogens (primary N) is 3. The van der Waals surface area contributed by atoms with Crippen molar-refractivity contribution in [3.63, 3.8) is 0 Å². The molecule has 0 saturated carbocycles. The lowest BCUT2D eigenvalue weighted by atomic mass is 10.1. The number of aliphatic carboxylic acids is 5. The third kappa shape index (κ3) is 26.6. The lowest BCUT2D eigenvalue weighted by Crippen LogP contribution is -2.32. The molecule has 0 aromatic carbocycles. The number of carboxylic acids is 5. The molecule has 0 radical (unpaired) electrons. The maximum atomic E-state index is 10.4. The van der Waals surface area contributed by atoms with E-state index in [-0.39, 0.29) is 11.9 Å². The molecule has 240 valence electrons. The molecule has 1 amide bonds. The lowest BCUT2D eigenvalue weighted by molar-refractivity contribution is -0.140. The fourth-order valence-electron chi connectivity index (χ4n) is 2.91. The third-order valence-electron chi connectivity index (χ3n) is 5.13. The first kappa shape index (κ1) is 42.1. The molecular weight excluding hydrogens is 546 g/mol. The number of rotatable bonds is 9. The van der Waals surface area contributed by atoms with E-state index in [0.29, 0.717) is 37.5 Å². The molecule has 0 bridgehead atoms. The van der Waals surface area contributed by atoms with E-state index in [0.717, 1.165) is 19.4 Å². The van der Waals surface area contributed by atoms with E-state index in [1.54, 1.807) is 0 Å². The van der Waals surface area contributed by atoms with Gasteiger partial charge in [0, 0.05) is 6.42 Å². The highest BCUT2D eigenvalue weighted by atomic mass is 16.4. The van der Waals surface area contributed by atoms with Crippen molar-refractivity contribution in [2.24, 2.45) is 29.0 Å². The van der Waals surface area contributed by atoms with Crippen LogP contribution >= 0.6 is 0 Å². The zero-order chi connectivity index (χ0) is 32.9. The average Bonchev–Trinajstić information content (AvgIpc) is 3.52. The summed E-state index contributed by atoms with van der Waals surface area (Å²) in [4.78, 5) is 60.4. The van der Waals surface area contributed by atoms with Crippen LogP contribution in [0.2, 0.25) is 0 Å². The highest BCUT2D eigenvalue weighted by Gasteiger charge is 2.26. The molecule has 0 aliphatic carbocycles. The Bertz CT molecular complexity index is 790. The van der Waals surface area contributed by atoms with Crippen molar-refractivity contribution >= 4 is 35.8 Å². The summed E-state index contributed by atoms with van der Waals surface area (Å²) in [6, 6.07) is -3.02. The minimum atomic E-state index is -0.963. The Morgan fingerprint density at radius 2 is 1.12 bits per heavy atom. The number of hydrogen-bond acceptors (Lipinski definition) is 10. The molecule has 1 unspecified atom stereocenters. The molecule has 2 heterocycles. The van der Waals surface area contributed by atoms with Crippen LogP contribution in [0.25, 0.3) is 0 Å². The van der Waals surface area contributed by atoms with Gasteiger partial charge in [0.15, 0.2) is 0 Å². The first-order valence-electron chi connectivity index (χ1n) is 13.2. The Morgan fingerprint density at radius 3 is 1.24 bits per heavy atom. The molecule has 13 N–H and O–H groups in total. The van der Waals surface area contributed by atoms with E-state index in [4.69, 9.17) is 42.7 Å². The summed E-state index contributed by atoms with van der Waals surface area (Å²) in [5.41, 5.74) is 15.3. The van der Waals surface area contributed by atoms with Crippen LogP contribution < -0.4 is 27.8 Å². The van der Waals surface area contributed by atoms with Crippen LogP contribution in [0.1, 0.15) is 73.1 Å². The highest BCUT2D eigenvalue weighted by Crippen LogP contribution is 2.05. The Balaban J connectivity index is -0.000000443. The van der Waals surface area contributed by atoms with Crippen molar-refractivity contribution in [1.82, 2.24) is 10.6 Å². The highest BCUT2D eigenvalue weighted by molar-refractivity contribution is 5.87. The Hall–Kier alpha value is -3.34. The molecule has 2 aliphatic heterocycles. The molecule has 2 rings (SSSR count). The molecule has 0 aromatic rings. The lowest BCUT2D eigenvalue weighted by Gasteiger charge is -2.07. The smallest absolute Gasteiger partial charge is 0.326 e. The van der Waals surface area contributed by atoms with Gasteiger partial charge in [-0.05, 0) is 57.4 Å². The van der Waals surface area contributed by atoms with Crippen LogP contribution in [0.3, 0.4) is 0 Å². The van der Waals surface area contributed by atoms with Gasteiger partial charge in [-0.2, -0.15) is 0 Å². The molecule has 0 aromatic heterocycles. The molecule has 2 fully saturated rings. The van der Waals surface area contributed by atoms with Crippen molar-refractivity contribution in [2.45, 2.75) is 103 Å². The maximum Gasteiger partial charge on any atom is 0.326 e. The van der Waals surface area contributed by atoms with Gasteiger partial charge in [0.2, 0.25) is 5.91 Å². The molecule has 2 saturated heterocycles. The molecule has 0 spiro atoms. The van der Waals surface area contributed by atoms with Gasteiger partial charge in [0.1, 0.15) is 30.2 Å². The number of carbonyl (C=O) groups is 6. The Kier molecular flexibility index (Phi) is 24.0. The second kappa shape index (κ2) is 23.4. The number of amides is 1. The summed E-state index contributed by atoms with van der Waals surface area (Å²) in [7, 11) is 0. The van der Waals surface area contributed by atoms with E-state index in [2.05, 4.69) is 10.6 Å². The van der Waals surface area contributed by atoms with Gasteiger partial charge in [0.25, 0.3) is 0 Å². The SMILES string of the molecule is CC(C)C[C@H](N)C(=O)O.CC(C)C[C@H](N)C(=O)O.CC(N)C(=O)O.O=C(O)[C@@H]1CCCN1.O=C1CC[C@@H](C(=O)O)N1. The average molecular weight is 596 g/mol. The molecule has 16 nitrogen and oxygen atoms in total. The van der Waals surface area contributed by atoms with E-state index in [1.165, 1.54) is 6.92 Å². The van der Waals surface area contributed by atoms with Crippen LogP contribution in [-0.4, -0.2) is 98.0 Å². The van der Waals surface area contributed by atoms with Crippen LogP contribution in [0.15, 0.2) is 0 Å². The number of nitrogens with one attached hydrogen (secondary N) is 2. The zero-order valence-corrected chi connectivity index (χ0v) is 24.4. The predicted molar refractivity (Wildman–Crippen MR) is 149 cm³/mol. The minimum Gasteiger partial charge on any atom is -0.480 e. The Labute approximate surface area is 240 Å². The molecule has 16 heteroatoms. The van der Waals surface area contributed by atoms with Gasteiger partial charge in [-0.1, -0.05) is 27.7 Å². The molecule has 5 atom stereocenters. The zero-order valence-electron chi connectivity index (χ0n) is 24.4. The molecular formula is C25H49N5O11. The van der Waals surface area contributed by atoms with Gasteiger partial charge >= 0.3 is 29.8 Å². The summed E-state index contributed by atoms with van der Waals surface area (Å²) < 4.78 is 0. The standard InChI is InChI=1S/2C6H13NO2.C5H7NO3.C5H9NO2.C3H7NO2/c2*1-4(2)3-5(7)6(8)9;7-4-2-1-3(6-4)5(8)9;7-5(8)4-2-1-3-6-4;1-2(4)3(5)6/h2*4-5H,3,7H2,1-2H3,(H,8,9);3H,1-2H2,(H,6,7)(H,8,9);4,6H,1-3H2,(H,7,8);2H,4H2,1H3,(H,5,6)/t2*5-;3-;4-;/m0000./s1. The van der Waals surface area contributed by atoms with Crippen molar-refractivity contribution in [3.8, 4) is 0 Å². The van der Waals surface area contributed by atoms with Gasteiger partial charge < -0.3 is 53.4 Å². The van der Waals surface area contributed by atoms with Crippen molar-refractivity contribution in [1.29, 1.82) is 0 Å². The van der Waals surface area contributed by atoms with Crippen LogP contribution in [0.5, 0.6) is 0 Å². The van der Waals surface area contributed by atoms with Crippen LogP contribution in [0.4, 0.5) is 0 Å². The van der Waals surface area contributed by atoms with E-state index in [9.17, 15) is 28.8 Å². The fraction of sp³-hybridized carbons (Fsp3) is 0.760. The molecule has 2 aliphatic rings. The van der Waals surface area contributed by atoms with Gasteiger partial charge in [-0.15, -0.1) is 0 Å². The van der Waals surface area contributed by atoms with Crippen LogP contribution in [0, 0.1) is 11.8 Å². The van der Waals surface area contributed by atoms with Crippen molar-refractivity contribution < 1.29 is 54.3 Å². The van der Waals surface area contributed by atoms with Crippen molar-refractivity contribution in [2.75, 3.05) is 6.54 Å². The number of carbonyl (C=O) groups excluding carboxylic acids is 1. The van der Waals surface area contributed by atoms with Gasteiger partial charge in [-0.3, -0.25) is 24.0 Å². The number of hydrogen-bond donors (Lipinski definition) is 10. The fourth-order valence-corrected chi connectivity index (χ4v) is 2.91. The third-order valence-corrected chi connectivity index (χ3v) is 5.13. The van der Waals surface area contributed by atoms with Crippen LogP contribution in [-0.2, 0) is 28.8 Å². The summed E-state index contributed by atoms with van der Waals surface area (Å²) in [6.45, 7) is 10.1.